The summed E-state index contributed by atoms with van der Waals surface area (Å²) < 4.78 is 4.87. The van der Waals surface area contributed by atoms with E-state index in [0.717, 1.165) is 17.8 Å². The van der Waals surface area contributed by atoms with E-state index in [1.54, 1.807) is 7.05 Å². The molecule has 1 atom stereocenters. The van der Waals surface area contributed by atoms with E-state index in [0.29, 0.717) is 5.56 Å². The number of aliphatic hydroxyl groups is 1. The summed E-state index contributed by atoms with van der Waals surface area (Å²) in [6, 6.07) is 5.74. The van der Waals surface area contributed by atoms with Crippen molar-refractivity contribution < 1.29 is 14.6 Å². The number of carbonyl (C=O) groups excluding carboxylic acids is 1. The molecule has 0 aliphatic carbocycles. The minimum Gasteiger partial charge on any atom is -0.389 e. The molecule has 0 saturated carbocycles. The number of aliphatic hydroxyl groups excluding tert-OH is 1. The van der Waals surface area contributed by atoms with Crippen molar-refractivity contribution in [3.05, 3.63) is 29.3 Å². The fourth-order valence-electron chi connectivity index (χ4n) is 2.03. The van der Waals surface area contributed by atoms with Gasteiger partial charge < -0.3 is 20.1 Å². The van der Waals surface area contributed by atoms with Gasteiger partial charge in [-0.25, -0.2) is 0 Å². The van der Waals surface area contributed by atoms with Gasteiger partial charge in [-0.3, -0.25) is 4.79 Å². The van der Waals surface area contributed by atoms with Crippen molar-refractivity contribution in [2.75, 3.05) is 39.2 Å². The van der Waals surface area contributed by atoms with Crippen molar-refractivity contribution >= 4 is 11.6 Å². The Morgan fingerprint density at radius 1 is 1.50 bits per heavy atom. The molecule has 0 spiro atoms. The van der Waals surface area contributed by atoms with Crippen molar-refractivity contribution in [2.45, 2.75) is 20.0 Å². The maximum absolute atomic E-state index is 12.5. The summed E-state index contributed by atoms with van der Waals surface area (Å²) in [5.41, 5.74) is 2.47. The van der Waals surface area contributed by atoms with E-state index >= 15 is 0 Å². The number of aryl methyl sites for hydroxylation is 1. The van der Waals surface area contributed by atoms with Gasteiger partial charge in [-0.2, -0.15) is 0 Å². The number of hydrogen-bond donors (Lipinski definition) is 2. The highest BCUT2D eigenvalue weighted by Crippen LogP contribution is 2.19. The quantitative estimate of drug-likeness (QED) is 0.794. The van der Waals surface area contributed by atoms with Gasteiger partial charge in [-0.15, -0.1) is 0 Å². The van der Waals surface area contributed by atoms with Crippen LogP contribution in [0.15, 0.2) is 18.2 Å². The lowest BCUT2D eigenvalue weighted by atomic mass is 10.1. The summed E-state index contributed by atoms with van der Waals surface area (Å²) >= 11 is 0. The first-order chi connectivity index (χ1) is 9.49. The topological polar surface area (TPSA) is 61.8 Å². The summed E-state index contributed by atoms with van der Waals surface area (Å²) in [7, 11) is 3.20. The lowest BCUT2D eigenvalue weighted by Crippen LogP contribution is -2.36. The maximum atomic E-state index is 12.5. The van der Waals surface area contributed by atoms with Crippen LogP contribution in [0, 0.1) is 6.92 Å². The molecule has 0 bridgehead atoms. The van der Waals surface area contributed by atoms with Crippen LogP contribution in [-0.4, -0.2) is 55.9 Å². The molecule has 0 aliphatic heterocycles. The second kappa shape index (κ2) is 7.87. The lowest BCUT2D eigenvalue weighted by molar-refractivity contribution is 0.0380. The van der Waals surface area contributed by atoms with E-state index in [1.807, 2.05) is 32.0 Å². The van der Waals surface area contributed by atoms with Gasteiger partial charge in [0.05, 0.1) is 18.3 Å². The fraction of sp³-hybridized carbons (Fsp3) is 0.533. The number of likely N-dealkylation sites (N-methyl/N-ethyl adjacent to an activating group) is 1. The summed E-state index contributed by atoms with van der Waals surface area (Å²) in [6.07, 6.45) is -0.679. The van der Waals surface area contributed by atoms with Crippen LogP contribution in [0.4, 0.5) is 5.69 Å². The summed E-state index contributed by atoms with van der Waals surface area (Å²) in [5, 5.41) is 12.9. The largest absolute Gasteiger partial charge is 0.389 e. The Kier molecular flexibility index (Phi) is 6.48. The van der Waals surface area contributed by atoms with E-state index < -0.39 is 6.10 Å². The molecular weight excluding hydrogens is 256 g/mol. The van der Waals surface area contributed by atoms with Crippen LogP contribution in [0.1, 0.15) is 22.8 Å². The third-order valence-electron chi connectivity index (χ3n) is 2.96. The third-order valence-corrected chi connectivity index (χ3v) is 2.96. The van der Waals surface area contributed by atoms with Crippen LogP contribution in [-0.2, 0) is 4.74 Å². The Bertz CT molecular complexity index is 449. The molecule has 0 saturated heterocycles. The molecule has 1 aromatic rings. The van der Waals surface area contributed by atoms with Crippen molar-refractivity contribution in [1.82, 2.24) is 4.90 Å². The van der Waals surface area contributed by atoms with Crippen LogP contribution in [0.3, 0.4) is 0 Å². The highest BCUT2D eigenvalue weighted by molar-refractivity contribution is 5.99. The summed E-state index contributed by atoms with van der Waals surface area (Å²) in [4.78, 5) is 14.0. The maximum Gasteiger partial charge on any atom is 0.255 e. The second-order valence-electron chi connectivity index (χ2n) is 4.87. The van der Waals surface area contributed by atoms with Gasteiger partial charge >= 0.3 is 0 Å². The SMILES string of the molecule is CCNc1ccc(C)cc1C(=O)N(C)CC(O)COC. The number of rotatable bonds is 7. The van der Waals surface area contributed by atoms with Gasteiger partial charge in [-0.1, -0.05) is 11.6 Å². The van der Waals surface area contributed by atoms with E-state index in [2.05, 4.69) is 5.32 Å². The number of carbonyl (C=O) groups is 1. The number of ether oxygens (including phenoxy) is 1. The summed E-state index contributed by atoms with van der Waals surface area (Å²) in [5.74, 6) is -0.111. The first-order valence-corrected chi connectivity index (χ1v) is 6.76. The number of nitrogens with zero attached hydrogens (tertiary/aromatic N) is 1. The average molecular weight is 280 g/mol. The molecule has 112 valence electrons. The fourth-order valence-corrected chi connectivity index (χ4v) is 2.03. The van der Waals surface area contributed by atoms with Crippen molar-refractivity contribution in [2.24, 2.45) is 0 Å². The molecule has 1 unspecified atom stereocenters. The molecular formula is C15H24N2O3. The van der Waals surface area contributed by atoms with Gasteiger partial charge in [0.25, 0.3) is 5.91 Å². The van der Waals surface area contributed by atoms with E-state index in [-0.39, 0.29) is 19.1 Å². The monoisotopic (exact) mass is 280 g/mol. The van der Waals surface area contributed by atoms with Gasteiger partial charge in [0.1, 0.15) is 0 Å². The van der Waals surface area contributed by atoms with Gasteiger partial charge in [0.15, 0.2) is 0 Å². The molecule has 2 N–H and O–H groups in total. The normalized spacial score (nSPS) is 12.1. The minimum absolute atomic E-state index is 0.111. The van der Waals surface area contributed by atoms with Crippen LogP contribution in [0.2, 0.25) is 0 Å². The van der Waals surface area contributed by atoms with Crippen molar-refractivity contribution in [3.8, 4) is 0 Å². The van der Waals surface area contributed by atoms with Crippen LogP contribution in [0.5, 0.6) is 0 Å². The van der Waals surface area contributed by atoms with Crippen LogP contribution < -0.4 is 5.32 Å². The number of anilines is 1. The number of amides is 1. The molecule has 0 fully saturated rings. The zero-order valence-corrected chi connectivity index (χ0v) is 12.6. The molecule has 0 aromatic heterocycles. The molecule has 5 nitrogen and oxygen atoms in total. The Morgan fingerprint density at radius 3 is 2.80 bits per heavy atom. The first kappa shape index (κ1) is 16.5. The van der Waals surface area contributed by atoms with Gasteiger partial charge in [-0.05, 0) is 26.0 Å². The standard InChI is InChI=1S/C15H24N2O3/c1-5-16-14-7-6-11(2)8-13(14)15(19)17(3)9-12(18)10-20-4/h6-8,12,16,18H,5,9-10H2,1-4H3. The van der Waals surface area contributed by atoms with E-state index in [4.69, 9.17) is 4.74 Å². The number of hydrogen-bond acceptors (Lipinski definition) is 4. The Morgan fingerprint density at radius 2 is 2.20 bits per heavy atom. The lowest BCUT2D eigenvalue weighted by Gasteiger charge is -2.22. The molecule has 0 radical (unpaired) electrons. The molecule has 0 heterocycles. The third kappa shape index (κ3) is 4.51. The number of methoxy groups -OCH3 is 1. The number of benzene rings is 1. The summed E-state index contributed by atoms with van der Waals surface area (Å²) in [6.45, 7) is 5.14. The second-order valence-corrected chi connectivity index (χ2v) is 4.87. The number of nitrogens with one attached hydrogen (secondary N) is 1. The molecule has 0 aliphatic rings. The van der Waals surface area contributed by atoms with Crippen LogP contribution >= 0.6 is 0 Å². The Hall–Kier alpha value is -1.59. The van der Waals surface area contributed by atoms with E-state index in [9.17, 15) is 9.90 Å². The Balaban J connectivity index is 2.87. The molecule has 1 aromatic carbocycles. The molecule has 20 heavy (non-hydrogen) atoms. The van der Waals surface area contributed by atoms with E-state index in [1.165, 1.54) is 12.0 Å². The molecule has 1 rings (SSSR count). The highest BCUT2D eigenvalue weighted by Gasteiger charge is 2.18. The predicted octanol–water partition coefficient (Wildman–Crippen LogP) is 1.51. The smallest absolute Gasteiger partial charge is 0.255 e. The Labute approximate surface area is 120 Å². The van der Waals surface area contributed by atoms with Crippen LogP contribution in [0.25, 0.3) is 0 Å². The predicted molar refractivity (Wildman–Crippen MR) is 80.2 cm³/mol. The average Bonchev–Trinajstić information content (AvgIpc) is 2.40. The zero-order valence-electron chi connectivity index (χ0n) is 12.6. The van der Waals surface area contributed by atoms with Crippen molar-refractivity contribution in [1.29, 1.82) is 0 Å². The first-order valence-electron chi connectivity index (χ1n) is 6.76. The highest BCUT2D eigenvalue weighted by atomic mass is 16.5. The van der Waals surface area contributed by atoms with Gasteiger partial charge in [0.2, 0.25) is 0 Å². The molecule has 1 amide bonds. The molecule has 5 heteroatoms. The zero-order chi connectivity index (χ0) is 15.1. The van der Waals surface area contributed by atoms with Crippen molar-refractivity contribution in [3.63, 3.8) is 0 Å². The minimum atomic E-state index is -0.679. The van der Waals surface area contributed by atoms with Gasteiger partial charge in [0, 0.05) is 32.9 Å².